The maximum atomic E-state index is 8.59. The maximum Gasteiger partial charge on any atom is 0.0869 e. The van der Waals surface area contributed by atoms with Crippen molar-refractivity contribution in [1.29, 1.82) is 0 Å². The van der Waals surface area contributed by atoms with Crippen molar-refractivity contribution in [3.05, 3.63) is 0 Å². The third-order valence-corrected chi connectivity index (χ3v) is 1.34. The van der Waals surface area contributed by atoms with Gasteiger partial charge in [-0.25, -0.2) is 0 Å². The van der Waals surface area contributed by atoms with Crippen LogP contribution in [0.2, 0.25) is 0 Å². The first kappa shape index (κ1) is 9.84. The van der Waals surface area contributed by atoms with Crippen molar-refractivity contribution in [2.45, 2.75) is 0 Å². The minimum atomic E-state index is 0.208. The molecule has 10 heavy (non-hydrogen) atoms. The number of nitrogens with zero attached hydrogens (tertiary/aromatic N) is 1. The first-order valence-corrected chi connectivity index (χ1v) is 3.67. The molecule has 0 aromatic rings. The van der Waals surface area contributed by atoms with E-state index in [9.17, 15) is 0 Å². The molecule has 0 aliphatic heterocycles. The van der Waals surface area contributed by atoms with E-state index in [0.717, 1.165) is 19.6 Å². The van der Waals surface area contributed by atoms with Crippen molar-refractivity contribution in [2.75, 3.05) is 39.3 Å². The van der Waals surface area contributed by atoms with E-state index in [4.69, 9.17) is 10.8 Å². The van der Waals surface area contributed by atoms with Crippen LogP contribution in [-0.2, 0) is 0 Å². The SMILES string of the molecule is NCCN(CC[NH3+])CCO. The molecule has 4 heteroatoms. The molecule has 0 heterocycles. The quantitative estimate of drug-likeness (QED) is 0.389. The number of aliphatic hydroxyl groups excluding tert-OH is 1. The van der Waals surface area contributed by atoms with Crippen LogP contribution >= 0.6 is 0 Å². The van der Waals surface area contributed by atoms with Gasteiger partial charge in [-0.15, -0.1) is 0 Å². The highest BCUT2D eigenvalue weighted by Crippen LogP contribution is 1.82. The lowest BCUT2D eigenvalue weighted by molar-refractivity contribution is -0.368. The third-order valence-electron chi connectivity index (χ3n) is 1.34. The fourth-order valence-electron chi connectivity index (χ4n) is 0.883. The van der Waals surface area contributed by atoms with E-state index in [1.165, 1.54) is 0 Å². The van der Waals surface area contributed by atoms with Gasteiger partial charge in [0.15, 0.2) is 0 Å². The predicted molar refractivity (Wildman–Crippen MR) is 40.3 cm³/mol. The fraction of sp³-hybridized carbons (Fsp3) is 1.00. The van der Waals surface area contributed by atoms with Gasteiger partial charge >= 0.3 is 0 Å². The van der Waals surface area contributed by atoms with E-state index in [1.54, 1.807) is 0 Å². The van der Waals surface area contributed by atoms with Gasteiger partial charge in [-0.3, -0.25) is 4.90 Å². The van der Waals surface area contributed by atoms with Crippen molar-refractivity contribution >= 4 is 0 Å². The van der Waals surface area contributed by atoms with Gasteiger partial charge in [-0.05, 0) is 0 Å². The van der Waals surface area contributed by atoms with E-state index >= 15 is 0 Å². The molecule has 0 spiro atoms. The van der Waals surface area contributed by atoms with E-state index < -0.39 is 0 Å². The first-order chi connectivity index (χ1) is 4.85. The van der Waals surface area contributed by atoms with Crippen molar-refractivity contribution in [3.8, 4) is 0 Å². The molecular weight excluding hydrogens is 130 g/mol. The summed E-state index contributed by atoms with van der Waals surface area (Å²) < 4.78 is 0. The number of hydrogen-bond acceptors (Lipinski definition) is 3. The zero-order valence-corrected chi connectivity index (χ0v) is 6.42. The lowest BCUT2D eigenvalue weighted by Crippen LogP contribution is -2.55. The molecule has 0 atom stereocenters. The Hall–Kier alpha value is -0.160. The summed E-state index contributed by atoms with van der Waals surface area (Å²) in [5.41, 5.74) is 9.07. The average Bonchev–Trinajstić information content (AvgIpc) is 1.90. The lowest BCUT2D eigenvalue weighted by atomic mass is 10.4. The highest BCUT2D eigenvalue weighted by atomic mass is 16.3. The van der Waals surface area contributed by atoms with Crippen LogP contribution in [0, 0.1) is 0 Å². The van der Waals surface area contributed by atoms with Crippen molar-refractivity contribution in [1.82, 2.24) is 4.90 Å². The number of rotatable bonds is 6. The van der Waals surface area contributed by atoms with Gasteiger partial charge in [0.05, 0.1) is 13.2 Å². The van der Waals surface area contributed by atoms with Gasteiger partial charge < -0.3 is 16.6 Å². The van der Waals surface area contributed by atoms with Crippen LogP contribution in [0.15, 0.2) is 0 Å². The van der Waals surface area contributed by atoms with E-state index in [0.29, 0.717) is 13.1 Å². The topological polar surface area (TPSA) is 77.1 Å². The molecule has 6 N–H and O–H groups in total. The Bertz CT molecular complexity index is 55.7. The van der Waals surface area contributed by atoms with Crippen molar-refractivity contribution in [2.24, 2.45) is 5.73 Å². The highest BCUT2D eigenvalue weighted by Gasteiger charge is 2.00. The summed E-state index contributed by atoms with van der Waals surface area (Å²) >= 11 is 0. The molecule has 0 aromatic heterocycles. The zero-order chi connectivity index (χ0) is 7.82. The van der Waals surface area contributed by atoms with E-state index in [-0.39, 0.29) is 6.61 Å². The van der Waals surface area contributed by atoms with Gasteiger partial charge in [0, 0.05) is 26.2 Å². The van der Waals surface area contributed by atoms with Gasteiger partial charge in [-0.1, -0.05) is 0 Å². The number of nitrogens with two attached hydrogens (primary N) is 1. The Morgan fingerprint density at radius 2 is 2.00 bits per heavy atom. The molecule has 0 rings (SSSR count). The standard InChI is InChI=1S/C6H17N3O/c7-1-3-9(4-2-8)5-6-10/h10H,1-8H2/p+1. The minimum Gasteiger partial charge on any atom is -0.395 e. The molecule has 0 unspecified atom stereocenters. The normalized spacial score (nSPS) is 10.8. The summed E-state index contributed by atoms with van der Waals surface area (Å²) in [6.07, 6.45) is 0. The molecule has 0 amide bonds. The molecule has 62 valence electrons. The smallest absolute Gasteiger partial charge is 0.0869 e. The second-order valence-corrected chi connectivity index (χ2v) is 2.21. The van der Waals surface area contributed by atoms with Crippen LogP contribution in [-0.4, -0.2) is 49.3 Å². The zero-order valence-electron chi connectivity index (χ0n) is 6.42. The Kier molecular flexibility index (Phi) is 6.84. The summed E-state index contributed by atoms with van der Waals surface area (Å²) in [5.74, 6) is 0. The molecule has 0 bridgehead atoms. The molecule has 0 saturated carbocycles. The van der Waals surface area contributed by atoms with Crippen LogP contribution in [0.4, 0.5) is 0 Å². The van der Waals surface area contributed by atoms with Crippen molar-refractivity contribution in [3.63, 3.8) is 0 Å². The Balaban J connectivity index is 3.30. The number of hydrogen-bond donors (Lipinski definition) is 3. The maximum absolute atomic E-state index is 8.59. The molecule has 0 aliphatic rings. The molecule has 0 saturated heterocycles. The highest BCUT2D eigenvalue weighted by molar-refractivity contribution is 4.55. The summed E-state index contributed by atoms with van der Waals surface area (Å²) in [4.78, 5) is 2.10. The average molecular weight is 148 g/mol. The van der Waals surface area contributed by atoms with Gasteiger partial charge in [0.2, 0.25) is 0 Å². The first-order valence-electron chi connectivity index (χ1n) is 3.67. The summed E-state index contributed by atoms with van der Waals surface area (Å²) in [6, 6.07) is 0. The van der Waals surface area contributed by atoms with Crippen LogP contribution in [0.1, 0.15) is 0 Å². The minimum absolute atomic E-state index is 0.208. The van der Waals surface area contributed by atoms with Crippen LogP contribution < -0.4 is 11.5 Å². The Morgan fingerprint density at radius 3 is 2.40 bits per heavy atom. The summed E-state index contributed by atoms with van der Waals surface area (Å²) in [5, 5.41) is 8.59. The fourth-order valence-corrected chi connectivity index (χ4v) is 0.883. The lowest BCUT2D eigenvalue weighted by Gasteiger charge is -2.17. The molecular formula is C6H18N3O+. The second kappa shape index (κ2) is 6.95. The molecule has 0 fully saturated rings. The Labute approximate surface area is 61.8 Å². The van der Waals surface area contributed by atoms with Gasteiger partial charge in [0.1, 0.15) is 0 Å². The molecule has 0 aromatic carbocycles. The largest absolute Gasteiger partial charge is 0.395 e. The van der Waals surface area contributed by atoms with Crippen LogP contribution in [0.3, 0.4) is 0 Å². The molecule has 0 aliphatic carbocycles. The van der Waals surface area contributed by atoms with Crippen LogP contribution in [0.25, 0.3) is 0 Å². The van der Waals surface area contributed by atoms with Crippen LogP contribution in [0.5, 0.6) is 0 Å². The monoisotopic (exact) mass is 148 g/mol. The molecule has 0 radical (unpaired) electrons. The predicted octanol–water partition coefficient (Wildman–Crippen LogP) is -2.52. The van der Waals surface area contributed by atoms with Crippen molar-refractivity contribution < 1.29 is 10.8 Å². The number of aliphatic hydroxyl groups is 1. The third kappa shape index (κ3) is 4.69. The molecule has 4 nitrogen and oxygen atoms in total. The van der Waals surface area contributed by atoms with Gasteiger partial charge in [0.25, 0.3) is 0 Å². The number of quaternary nitrogens is 1. The summed E-state index contributed by atoms with van der Waals surface area (Å²) in [6.45, 7) is 4.24. The van der Waals surface area contributed by atoms with Gasteiger partial charge in [-0.2, -0.15) is 0 Å². The second-order valence-electron chi connectivity index (χ2n) is 2.21. The Morgan fingerprint density at radius 1 is 1.30 bits per heavy atom. The summed E-state index contributed by atoms with van der Waals surface area (Å²) in [7, 11) is 0. The van der Waals surface area contributed by atoms with E-state index in [1.807, 2.05) is 0 Å². The van der Waals surface area contributed by atoms with E-state index in [2.05, 4.69) is 10.6 Å².